The monoisotopic (exact) mass is 300 g/mol. The fourth-order valence-corrected chi connectivity index (χ4v) is 2.57. The standard InChI is InChI=1S/C17H20N2O3/c20-17(18-14-6-2-1-3-7-14)19(12-15-8-4-10-21-15)13-16-9-5-11-22-16/h1-4,6-8,10,16H,5,9,11-13H2,(H,18,20)/t16-/m0/s1. The van der Waals surface area contributed by atoms with Crippen LogP contribution in [0.3, 0.4) is 0 Å². The summed E-state index contributed by atoms with van der Waals surface area (Å²) in [4.78, 5) is 14.3. The Balaban J connectivity index is 1.67. The fourth-order valence-electron chi connectivity index (χ4n) is 2.57. The Hall–Kier alpha value is -2.27. The summed E-state index contributed by atoms with van der Waals surface area (Å²) in [5, 5.41) is 2.92. The second-order valence-corrected chi connectivity index (χ2v) is 5.39. The second kappa shape index (κ2) is 7.13. The molecule has 1 aliphatic rings. The van der Waals surface area contributed by atoms with Gasteiger partial charge in [-0.25, -0.2) is 4.79 Å². The minimum absolute atomic E-state index is 0.108. The number of hydrogen-bond donors (Lipinski definition) is 1. The van der Waals surface area contributed by atoms with E-state index >= 15 is 0 Å². The van der Waals surface area contributed by atoms with Gasteiger partial charge >= 0.3 is 6.03 Å². The molecule has 0 radical (unpaired) electrons. The Morgan fingerprint density at radius 1 is 1.23 bits per heavy atom. The molecule has 1 N–H and O–H groups in total. The van der Waals surface area contributed by atoms with E-state index in [1.807, 2.05) is 42.5 Å². The van der Waals surface area contributed by atoms with Crippen molar-refractivity contribution in [3.05, 3.63) is 54.5 Å². The molecule has 1 atom stereocenters. The first-order valence-electron chi connectivity index (χ1n) is 7.56. The molecule has 0 aliphatic carbocycles. The van der Waals surface area contributed by atoms with Crippen molar-refractivity contribution in [1.29, 1.82) is 0 Å². The number of ether oxygens (including phenoxy) is 1. The van der Waals surface area contributed by atoms with Crippen LogP contribution in [0.15, 0.2) is 53.1 Å². The third-order valence-electron chi connectivity index (χ3n) is 3.69. The third kappa shape index (κ3) is 3.89. The van der Waals surface area contributed by atoms with Gasteiger partial charge in [-0.2, -0.15) is 0 Å². The molecule has 3 rings (SSSR count). The van der Waals surface area contributed by atoms with Crippen LogP contribution in [0.4, 0.5) is 10.5 Å². The number of amides is 2. The van der Waals surface area contributed by atoms with Crippen LogP contribution in [0.5, 0.6) is 0 Å². The van der Waals surface area contributed by atoms with Crippen molar-refractivity contribution in [3.8, 4) is 0 Å². The van der Waals surface area contributed by atoms with Crippen LogP contribution in [0, 0.1) is 0 Å². The minimum atomic E-state index is -0.141. The number of urea groups is 1. The van der Waals surface area contributed by atoms with Gasteiger partial charge in [0.2, 0.25) is 0 Å². The third-order valence-corrected chi connectivity index (χ3v) is 3.69. The molecule has 2 heterocycles. The molecule has 0 saturated carbocycles. The summed E-state index contributed by atoms with van der Waals surface area (Å²) in [6.07, 6.45) is 3.78. The summed E-state index contributed by atoms with van der Waals surface area (Å²) in [7, 11) is 0. The lowest BCUT2D eigenvalue weighted by atomic mass is 10.2. The van der Waals surface area contributed by atoms with E-state index in [9.17, 15) is 4.79 Å². The van der Waals surface area contributed by atoms with Crippen molar-refractivity contribution in [2.24, 2.45) is 0 Å². The highest BCUT2D eigenvalue weighted by atomic mass is 16.5. The molecule has 0 bridgehead atoms. The molecule has 116 valence electrons. The average molecular weight is 300 g/mol. The lowest BCUT2D eigenvalue weighted by molar-refractivity contribution is 0.0803. The van der Waals surface area contributed by atoms with Crippen molar-refractivity contribution in [2.75, 3.05) is 18.5 Å². The topological polar surface area (TPSA) is 54.7 Å². The van der Waals surface area contributed by atoms with E-state index in [0.717, 1.165) is 30.9 Å². The molecule has 0 unspecified atom stereocenters. The summed E-state index contributed by atoms with van der Waals surface area (Å²) >= 11 is 0. The number of furan rings is 1. The lowest BCUT2D eigenvalue weighted by Gasteiger charge is -2.25. The van der Waals surface area contributed by atoms with Crippen LogP contribution >= 0.6 is 0 Å². The zero-order valence-electron chi connectivity index (χ0n) is 12.4. The smallest absolute Gasteiger partial charge is 0.322 e. The number of para-hydroxylation sites is 1. The lowest BCUT2D eigenvalue weighted by Crippen LogP contribution is -2.39. The Morgan fingerprint density at radius 3 is 2.77 bits per heavy atom. The molecule has 1 aliphatic heterocycles. The zero-order valence-corrected chi connectivity index (χ0v) is 12.4. The largest absolute Gasteiger partial charge is 0.467 e. The maximum Gasteiger partial charge on any atom is 0.322 e. The normalized spacial score (nSPS) is 17.4. The SMILES string of the molecule is O=C(Nc1ccccc1)N(Cc1ccco1)C[C@@H]1CCCO1. The summed E-state index contributed by atoms with van der Waals surface area (Å²) < 4.78 is 11.0. The highest BCUT2D eigenvalue weighted by Crippen LogP contribution is 2.16. The minimum Gasteiger partial charge on any atom is -0.467 e. The number of anilines is 1. The molecule has 22 heavy (non-hydrogen) atoms. The summed E-state index contributed by atoms with van der Waals surface area (Å²) in [5.74, 6) is 0.765. The van der Waals surface area contributed by atoms with Gasteiger partial charge in [0.05, 0.1) is 18.9 Å². The van der Waals surface area contributed by atoms with Crippen molar-refractivity contribution in [3.63, 3.8) is 0 Å². The Bertz CT molecular complexity index is 577. The van der Waals surface area contributed by atoms with Crippen LogP contribution in [-0.4, -0.2) is 30.2 Å². The fraction of sp³-hybridized carbons (Fsp3) is 0.353. The van der Waals surface area contributed by atoms with E-state index in [1.165, 1.54) is 0 Å². The molecule has 2 aromatic rings. The maximum atomic E-state index is 12.5. The molecule has 0 spiro atoms. The van der Waals surface area contributed by atoms with E-state index in [1.54, 1.807) is 11.2 Å². The van der Waals surface area contributed by atoms with Crippen molar-refractivity contribution >= 4 is 11.7 Å². The Kier molecular flexibility index (Phi) is 4.75. The van der Waals surface area contributed by atoms with E-state index < -0.39 is 0 Å². The highest BCUT2D eigenvalue weighted by Gasteiger charge is 2.23. The van der Waals surface area contributed by atoms with E-state index in [4.69, 9.17) is 9.15 Å². The van der Waals surface area contributed by atoms with Crippen LogP contribution in [0.2, 0.25) is 0 Å². The number of carbonyl (C=O) groups is 1. The van der Waals surface area contributed by atoms with Crippen LogP contribution in [0.25, 0.3) is 0 Å². The first-order valence-corrected chi connectivity index (χ1v) is 7.56. The number of nitrogens with one attached hydrogen (secondary N) is 1. The molecular formula is C17H20N2O3. The molecule has 1 saturated heterocycles. The number of hydrogen-bond acceptors (Lipinski definition) is 3. The average Bonchev–Trinajstić information content (AvgIpc) is 3.21. The number of nitrogens with zero attached hydrogens (tertiary/aromatic N) is 1. The summed E-state index contributed by atoms with van der Waals surface area (Å²) in [6.45, 7) is 1.78. The van der Waals surface area contributed by atoms with Gasteiger partial charge in [0, 0.05) is 18.8 Å². The van der Waals surface area contributed by atoms with Gasteiger partial charge in [-0.1, -0.05) is 18.2 Å². The van der Waals surface area contributed by atoms with Crippen LogP contribution < -0.4 is 5.32 Å². The quantitative estimate of drug-likeness (QED) is 0.919. The van der Waals surface area contributed by atoms with Gasteiger partial charge in [-0.3, -0.25) is 0 Å². The Labute approximate surface area is 129 Å². The van der Waals surface area contributed by atoms with Crippen molar-refractivity contribution < 1.29 is 13.9 Å². The van der Waals surface area contributed by atoms with E-state index in [-0.39, 0.29) is 12.1 Å². The first-order chi connectivity index (χ1) is 10.8. The Morgan fingerprint density at radius 2 is 2.09 bits per heavy atom. The van der Waals surface area contributed by atoms with Gasteiger partial charge in [-0.15, -0.1) is 0 Å². The van der Waals surface area contributed by atoms with Gasteiger partial charge in [-0.05, 0) is 37.1 Å². The molecule has 2 amide bonds. The molecule has 5 heteroatoms. The summed E-state index contributed by atoms with van der Waals surface area (Å²) in [5.41, 5.74) is 0.782. The molecule has 5 nitrogen and oxygen atoms in total. The predicted octanol–water partition coefficient (Wildman–Crippen LogP) is 3.49. The number of rotatable bonds is 5. The van der Waals surface area contributed by atoms with Gasteiger partial charge < -0.3 is 19.4 Å². The number of benzene rings is 1. The predicted molar refractivity (Wildman–Crippen MR) is 83.6 cm³/mol. The van der Waals surface area contributed by atoms with Gasteiger partial charge in [0.25, 0.3) is 0 Å². The zero-order chi connectivity index (χ0) is 15.2. The van der Waals surface area contributed by atoms with Crippen LogP contribution in [-0.2, 0) is 11.3 Å². The molecule has 1 fully saturated rings. The molecular weight excluding hydrogens is 280 g/mol. The van der Waals surface area contributed by atoms with Crippen LogP contribution in [0.1, 0.15) is 18.6 Å². The van der Waals surface area contributed by atoms with E-state index in [0.29, 0.717) is 13.1 Å². The first kappa shape index (κ1) is 14.7. The van der Waals surface area contributed by atoms with E-state index in [2.05, 4.69) is 5.32 Å². The molecule has 1 aromatic carbocycles. The van der Waals surface area contributed by atoms with Gasteiger partial charge in [0.15, 0.2) is 0 Å². The van der Waals surface area contributed by atoms with Crippen molar-refractivity contribution in [2.45, 2.75) is 25.5 Å². The molecule has 1 aromatic heterocycles. The highest BCUT2D eigenvalue weighted by molar-refractivity contribution is 5.89. The second-order valence-electron chi connectivity index (χ2n) is 5.39. The van der Waals surface area contributed by atoms with Crippen molar-refractivity contribution in [1.82, 2.24) is 4.90 Å². The number of carbonyl (C=O) groups excluding carboxylic acids is 1. The van der Waals surface area contributed by atoms with Gasteiger partial charge in [0.1, 0.15) is 5.76 Å². The summed E-state index contributed by atoms with van der Waals surface area (Å²) in [6, 6.07) is 13.0. The maximum absolute atomic E-state index is 12.5.